The van der Waals surface area contributed by atoms with Gasteiger partial charge in [0.25, 0.3) is 0 Å². The zero-order chi connectivity index (χ0) is 11.3. The molecular weight excluding hydrogens is 190 g/mol. The molecule has 4 heteroatoms. The van der Waals surface area contributed by atoms with Crippen molar-refractivity contribution in [3.05, 3.63) is 18.0 Å². The second kappa shape index (κ2) is 5.66. The largest absolute Gasteiger partial charge is 0.315 e. The number of hydrogen-bond acceptors (Lipinski definition) is 3. The minimum atomic E-state index is 0.167. The van der Waals surface area contributed by atoms with Gasteiger partial charge in [-0.25, -0.2) is 0 Å². The molecule has 0 spiro atoms. The fourth-order valence-corrected chi connectivity index (χ4v) is 1.42. The van der Waals surface area contributed by atoms with Gasteiger partial charge < -0.3 is 5.32 Å². The molecule has 0 radical (unpaired) electrons. The molecule has 15 heavy (non-hydrogen) atoms. The molecule has 1 heterocycles. The summed E-state index contributed by atoms with van der Waals surface area (Å²) in [7, 11) is 1.79. The maximum Gasteiger partial charge on any atom is 0.180 e. The molecule has 1 aromatic heterocycles. The number of carbonyl (C=O) groups excluding carboxylic acids is 1. The molecule has 1 aromatic rings. The first-order valence-corrected chi connectivity index (χ1v) is 5.36. The molecule has 84 valence electrons. The summed E-state index contributed by atoms with van der Waals surface area (Å²) >= 11 is 0. The molecule has 0 aliphatic carbocycles. The van der Waals surface area contributed by atoms with Gasteiger partial charge in [0.1, 0.15) is 5.69 Å². The van der Waals surface area contributed by atoms with Crippen molar-refractivity contribution < 1.29 is 4.79 Å². The monoisotopic (exact) mass is 209 g/mol. The van der Waals surface area contributed by atoms with Crippen LogP contribution in [0.4, 0.5) is 0 Å². The van der Waals surface area contributed by atoms with Crippen molar-refractivity contribution in [1.82, 2.24) is 15.1 Å². The van der Waals surface area contributed by atoms with Crippen molar-refractivity contribution in [2.45, 2.75) is 32.7 Å². The molecule has 0 bridgehead atoms. The zero-order valence-electron chi connectivity index (χ0n) is 9.66. The number of nitrogens with one attached hydrogen (secondary N) is 1. The summed E-state index contributed by atoms with van der Waals surface area (Å²) in [5, 5.41) is 7.26. The Bertz CT molecular complexity index is 317. The van der Waals surface area contributed by atoms with Crippen LogP contribution in [0.25, 0.3) is 0 Å². The zero-order valence-corrected chi connectivity index (χ0v) is 9.66. The van der Waals surface area contributed by atoms with Gasteiger partial charge in [-0.3, -0.25) is 9.48 Å². The van der Waals surface area contributed by atoms with Crippen LogP contribution in [0, 0.1) is 0 Å². The van der Waals surface area contributed by atoms with E-state index in [1.165, 1.54) is 0 Å². The molecule has 0 fully saturated rings. The Balaban J connectivity index is 2.28. The van der Waals surface area contributed by atoms with Crippen molar-refractivity contribution in [3.63, 3.8) is 0 Å². The third-order valence-electron chi connectivity index (χ3n) is 2.24. The molecule has 0 atom stereocenters. The summed E-state index contributed by atoms with van der Waals surface area (Å²) in [5.41, 5.74) is 0.694. The summed E-state index contributed by atoms with van der Waals surface area (Å²) in [6.07, 6.45) is 3.11. The van der Waals surface area contributed by atoms with Gasteiger partial charge in [-0.15, -0.1) is 0 Å². The molecule has 0 saturated heterocycles. The number of nitrogens with zero attached hydrogens (tertiary/aromatic N) is 2. The lowest BCUT2D eigenvalue weighted by atomic mass is 10.1. The van der Waals surface area contributed by atoms with E-state index in [4.69, 9.17) is 0 Å². The number of Topliss-reactive ketones (excluding diaryl/α,β-unsaturated/α-hetero) is 1. The highest BCUT2D eigenvalue weighted by Crippen LogP contribution is 2.03. The van der Waals surface area contributed by atoms with Crippen LogP contribution >= 0.6 is 0 Å². The average molecular weight is 209 g/mol. The summed E-state index contributed by atoms with van der Waals surface area (Å²) in [4.78, 5) is 11.7. The van der Waals surface area contributed by atoms with Crippen LogP contribution in [-0.2, 0) is 7.05 Å². The minimum Gasteiger partial charge on any atom is -0.315 e. The van der Waals surface area contributed by atoms with Gasteiger partial charge in [-0.2, -0.15) is 5.10 Å². The van der Waals surface area contributed by atoms with E-state index in [0.29, 0.717) is 18.2 Å². The molecule has 0 aliphatic heterocycles. The number of ketones is 1. The molecule has 0 aromatic carbocycles. The lowest BCUT2D eigenvalue weighted by molar-refractivity contribution is 0.0970. The Labute approximate surface area is 90.7 Å². The van der Waals surface area contributed by atoms with Crippen molar-refractivity contribution in [2.75, 3.05) is 6.54 Å². The van der Waals surface area contributed by atoms with Crippen LogP contribution in [0.2, 0.25) is 0 Å². The number of aromatic nitrogens is 2. The lowest BCUT2D eigenvalue weighted by Gasteiger charge is -2.07. The maximum atomic E-state index is 11.7. The maximum absolute atomic E-state index is 11.7. The molecule has 1 rings (SSSR count). The summed E-state index contributed by atoms with van der Waals surface area (Å²) in [5.74, 6) is 0.167. The van der Waals surface area contributed by atoms with Gasteiger partial charge in [0.2, 0.25) is 0 Å². The minimum absolute atomic E-state index is 0.167. The predicted octanol–water partition coefficient (Wildman–Crippen LogP) is 1.38. The van der Waals surface area contributed by atoms with Crippen LogP contribution in [-0.4, -0.2) is 28.2 Å². The molecule has 4 nitrogen and oxygen atoms in total. The van der Waals surface area contributed by atoms with E-state index in [1.807, 2.05) is 0 Å². The topological polar surface area (TPSA) is 46.9 Å². The van der Waals surface area contributed by atoms with Crippen LogP contribution < -0.4 is 5.32 Å². The quantitative estimate of drug-likeness (QED) is 0.569. The molecular formula is C11H19N3O. The van der Waals surface area contributed by atoms with Gasteiger partial charge in [0.15, 0.2) is 5.78 Å². The smallest absolute Gasteiger partial charge is 0.180 e. The van der Waals surface area contributed by atoms with Crippen LogP contribution in [0.15, 0.2) is 12.3 Å². The Morgan fingerprint density at radius 2 is 2.33 bits per heavy atom. The fourth-order valence-electron chi connectivity index (χ4n) is 1.42. The average Bonchev–Trinajstić information content (AvgIpc) is 2.58. The van der Waals surface area contributed by atoms with Gasteiger partial charge in [-0.1, -0.05) is 13.8 Å². The van der Waals surface area contributed by atoms with E-state index in [0.717, 1.165) is 13.0 Å². The van der Waals surface area contributed by atoms with E-state index in [2.05, 4.69) is 24.3 Å². The fraction of sp³-hybridized carbons (Fsp3) is 0.636. The number of aryl methyl sites for hydroxylation is 1. The first-order chi connectivity index (χ1) is 7.11. The number of carbonyl (C=O) groups is 1. The van der Waals surface area contributed by atoms with E-state index in [-0.39, 0.29) is 5.78 Å². The third-order valence-corrected chi connectivity index (χ3v) is 2.24. The van der Waals surface area contributed by atoms with Gasteiger partial charge in [-0.05, 0) is 19.0 Å². The highest BCUT2D eigenvalue weighted by Gasteiger charge is 2.08. The Hall–Kier alpha value is -1.16. The summed E-state index contributed by atoms with van der Waals surface area (Å²) in [6, 6.07) is 2.25. The van der Waals surface area contributed by atoms with E-state index in [1.54, 1.807) is 24.0 Å². The highest BCUT2D eigenvalue weighted by atomic mass is 16.1. The van der Waals surface area contributed by atoms with Gasteiger partial charge in [0.05, 0.1) is 0 Å². The summed E-state index contributed by atoms with van der Waals surface area (Å²) < 4.78 is 1.62. The van der Waals surface area contributed by atoms with Crippen molar-refractivity contribution in [1.29, 1.82) is 0 Å². The Morgan fingerprint density at radius 1 is 1.60 bits per heavy atom. The molecule has 1 N–H and O–H groups in total. The second-order valence-electron chi connectivity index (χ2n) is 3.98. The van der Waals surface area contributed by atoms with E-state index < -0.39 is 0 Å². The van der Waals surface area contributed by atoms with E-state index in [9.17, 15) is 4.79 Å². The lowest BCUT2D eigenvalue weighted by Crippen LogP contribution is -2.24. The molecule has 0 aliphatic rings. The first kappa shape index (κ1) is 11.9. The highest BCUT2D eigenvalue weighted by molar-refractivity contribution is 5.94. The normalized spacial score (nSPS) is 10.9. The molecule has 0 amide bonds. The predicted molar refractivity (Wildman–Crippen MR) is 59.9 cm³/mol. The third kappa shape index (κ3) is 3.83. The van der Waals surface area contributed by atoms with Crippen molar-refractivity contribution in [2.24, 2.45) is 7.05 Å². The van der Waals surface area contributed by atoms with Crippen LogP contribution in [0.1, 0.15) is 37.2 Å². The van der Waals surface area contributed by atoms with Gasteiger partial charge in [0, 0.05) is 25.7 Å². The number of rotatable bonds is 6. The first-order valence-electron chi connectivity index (χ1n) is 5.36. The van der Waals surface area contributed by atoms with Crippen molar-refractivity contribution in [3.8, 4) is 0 Å². The summed E-state index contributed by atoms with van der Waals surface area (Å²) in [6.45, 7) is 5.09. The van der Waals surface area contributed by atoms with Gasteiger partial charge >= 0.3 is 0 Å². The Kier molecular flexibility index (Phi) is 4.49. The van der Waals surface area contributed by atoms with Crippen LogP contribution in [0.3, 0.4) is 0 Å². The van der Waals surface area contributed by atoms with Crippen molar-refractivity contribution >= 4 is 5.78 Å². The second-order valence-corrected chi connectivity index (χ2v) is 3.98. The molecule has 0 unspecified atom stereocenters. The van der Waals surface area contributed by atoms with Crippen LogP contribution in [0.5, 0.6) is 0 Å². The number of hydrogen-bond donors (Lipinski definition) is 1. The molecule has 0 saturated carbocycles. The SMILES string of the molecule is CC(C)NCCCC(=O)c1ccnn1C. The van der Waals surface area contributed by atoms with E-state index >= 15 is 0 Å². The Morgan fingerprint density at radius 3 is 2.87 bits per heavy atom. The standard InChI is InChI=1S/C11H19N3O/c1-9(2)12-7-4-5-11(15)10-6-8-13-14(10)3/h6,8-9,12H,4-5,7H2,1-3H3.